The maximum Gasteiger partial charge on any atom is 0.272 e. The third kappa shape index (κ3) is 4.34. The molecule has 0 saturated heterocycles. The molecular formula is C12H21N3O2S. The standard InChI is InChI=1S/C12H21N3O2S/c1-8(2)10-6-11(15-14-10)12(17)13-9(7-16)4-5-18-3/h6,8-9,16H,4-5,7H2,1-3H3,(H,13,17)(H,14,15)/t9-/m0/s1. The van der Waals surface area contributed by atoms with Crippen LogP contribution in [0.25, 0.3) is 0 Å². The van der Waals surface area contributed by atoms with Crippen LogP contribution >= 0.6 is 11.8 Å². The number of aromatic nitrogens is 2. The Morgan fingerprint density at radius 2 is 2.33 bits per heavy atom. The molecule has 0 radical (unpaired) electrons. The number of thioether (sulfide) groups is 1. The lowest BCUT2D eigenvalue weighted by Crippen LogP contribution is -2.38. The number of aliphatic hydroxyl groups is 1. The van der Waals surface area contributed by atoms with Gasteiger partial charge in [-0.05, 0) is 30.4 Å². The molecule has 0 bridgehead atoms. The van der Waals surface area contributed by atoms with Gasteiger partial charge in [0.15, 0.2) is 0 Å². The average molecular weight is 271 g/mol. The first-order chi connectivity index (χ1) is 8.58. The highest BCUT2D eigenvalue weighted by Crippen LogP contribution is 2.12. The minimum Gasteiger partial charge on any atom is -0.394 e. The van der Waals surface area contributed by atoms with Crippen molar-refractivity contribution in [1.29, 1.82) is 0 Å². The predicted octanol–water partition coefficient (Wildman–Crippen LogP) is 1.38. The first kappa shape index (κ1) is 15.0. The maximum absolute atomic E-state index is 11.9. The molecule has 1 atom stereocenters. The van der Waals surface area contributed by atoms with Gasteiger partial charge in [0.1, 0.15) is 5.69 Å². The van der Waals surface area contributed by atoms with Gasteiger partial charge in [0.05, 0.1) is 12.6 Å². The van der Waals surface area contributed by atoms with Crippen LogP contribution in [0.4, 0.5) is 0 Å². The maximum atomic E-state index is 11.9. The molecule has 102 valence electrons. The minimum atomic E-state index is -0.238. The summed E-state index contributed by atoms with van der Waals surface area (Å²) in [4.78, 5) is 11.9. The molecule has 0 aromatic carbocycles. The van der Waals surface area contributed by atoms with E-state index in [1.807, 2.05) is 20.1 Å². The number of carbonyl (C=O) groups excluding carboxylic acids is 1. The second kappa shape index (κ2) is 7.43. The van der Waals surface area contributed by atoms with Crippen molar-refractivity contribution in [2.75, 3.05) is 18.6 Å². The van der Waals surface area contributed by atoms with Gasteiger partial charge in [0.25, 0.3) is 5.91 Å². The van der Waals surface area contributed by atoms with Gasteiger partial charge in [-0.1, -0.05) is 13.8 Å². The van der Waals surface area contributed by atoms with Crippen LogP contribution in [-0.4, -0.2) is 45.9 Å². The number of rotatable bonds is 7. The third-order valence-corrected chi connectivity index (χ3v) is 3.32. The van der Waals surface area contributed by atoms with Crippen LogP contribution in [0.1, 0.15) is 42.4 Å². The van der Waals surface area contributed by atoms with Crippen LogP contribution in [0.3, 0.4) is 0 Å². The van der Waals surface area contributed by atoms with Crippen LogP contribution < -0.4 is 5.32 Å². The fourth-order valence-corrected chi connectivity index (χ4v) is 2.00. The lowest BCUT2D eigenvalue weighted by Gasteiger charge is -2.14. The van der Waals surface area contributed by atoms with Gasteiger partial charge in [0.2, 0.25) is 0 Å². The summed E-state index contributed by atoms with van der Waals surface area (Å²) < 4.78 is 0. The number of nitrogens with one attached hydrogen (secondary N) is 2. The summed E-state index contributed by atoms with van der Waals surface area (Å²) >= 11 is 1.69. The average Bonchev–Trinajstić information content (AvgIpc) is 2.83. The lowest BCUT2D eigenvalue weighted by atomic mass is 10.1. The third-order valence-electron chi connectivity index (χ3n) is 2.68. The normalized spacial score (nSPS) is 12.7. The van der Waals surface area contributed by atoms with Crippen molar-refractivity contribution in [3.63, 3.8) is 0 Å². The molecule has 0 saturated carbocycles. The van der Waals surface area contributed by atoms with E-state index in [9.17, 15) is 9.90 Å². The summed E-state index contributed by atoms with van der Waals surface area (Å²) in [5.74, 6) is 0.978. The van der Waals surface area contributed by atoms with Crippen molar-refractivity contribution in [2.45, 2.75) is 32.2 Å². The van der Waals surface area contributed by atoms with E-state index in [1.165, 1.54) is 0 Å². The fourth-order valence-electron chi connectivity index (χ4n) is 1.48. The summed E-state index contributed by atoms with van der Waals surface area (Å²) in [7, 11) is 0. The summed E-state index contributed by atoms with van der Waals surface area (Å²) in [6, 6.07) is 1.55. The fraction of sp³-hybridized carbons (Fsp3) is 0.667. The smallest absolute Gasteiger partial charge is 0.272 e. The van der Waals surface area contributed by atoms with Crippen LogP contribution in [0.5, 0.6) is 0 Å². The van der Waals surface area contributed by atoms with Crippen LogP contribution in [-0.2, 0) is 0 Å². The Morgan fingerprint density at radius 3 is 2.83 bits per heavy atom. The highest BCUT2D eigenvalue weighted by atomic mass is 32.2. The number of carbonyl (C=O) groups is 1. The minimum absolute atomic E-state index is 0.0479. The molecule has 3 N–H and O–H groups in total. The number of H-pyrrole nitrogens is 1. The lowest BCUT2D eigenvalue weighted by molar-refractivity contribution is 0.0910. The van der Waals surface area contributed by atoms with Gasteiger partial charge in [-0.3, -0.25) is 9.89 Å². The first-order valence-electron chi connectivity index (χ1n) is 6.04. The highest BCUT2D eigenvalue weighted by Gasteiger charge is 2.16. The molecule has 1 aromatic rings. The van der Waals surface area contributed by atoms with Crippen molar-refractivity contribution in [2.24, 2.45) is 0 Å². The van der Waals surface area contributed by atoms with E-state index < -0.39 is 0 Å². The van der Waals surface area contributed by atoms with Gasteiger partial charge in [-0.25, -0.2) is 0 Å². The largest absolute Gasteiger partial charge is 0.394 e. The zero-order chi connectivity index (χ0) is 13.5. The molecule has 1 heterocycles. The summed E-state index contributed by atoms with van der Waals surface area (Å²) in [5.41, 5.74) is 1.31. The zero-order valence-corrected chi connectivity index (χ0v) is 11.9. The Labute approximate surface area is 112 Å². The van der Waals surface area contributed by atoms with Gasteiger partial charge < -0.3 is 10.4 Å². The molecule has 1 amide bonds. The molecule has 0 fully saturated rings. The van der Waals surface area contributed by atoms with E-state index >= 15 is 0 Å². The van der Waals surface area contributed by atoms with Gasteiger partial charge in [0, 0.05) is 5.69 Å². The summed E-state index contributed by atoms with van der Waals surface area (Å²) in [6.45, 7) is 4.02. The Hall–Kier alpha value is -1.01. The van der Waals surface area contributed by atoms with Gasteiger partial charge in [-0.15, -0.1) is 0 Å². The molecule has 0 aliphatic carbocycles. The summed E-state index contributed by atoms with van der Waals surface area (Å²) in [6.07, 6.45) is 2.75. The van der Waals surface area contributed by atoms with Crippen molar-refractivity contribution >= 4 is 17.7 Å². The Bertz CT molecular complexity index is 379. The first-order valence-corrected chi connectivity index (χ1v) is 7.43. The van der Waals surface area contributed by atoms with E-state index in [0.29, 0.717) is 11.6 Å². The number of nitrogens with zero attached hydrogens (tertiary/aromatic N) is 1. The second-order valence-corrected chi connectivity index (χ2v) is 5.48. The van der Waals surface area contributed by atoms with E-state index in [2.05, 4.69) is 15.5 Å². The zero-order valence-electron chi connectivity index (χ0n) is 11.1. The highest BCUT2D eigenvalue weighted by molar-refractivity contribution is 7.98. The molecule has 1 rings (SSSR count). The molecular weight excluding hydrogens is 250 g/mol. The Kier molecular flexibility index (Phi) is 6.21. The molecule has 18 heavy (non-hydrogen) atoms. The SMILES string of the molecule is CSCC[C@@H](CO)NC(=O)c1cc(C(C)C)[nH]n1. The van der Waals surface area contributed by atoms with E-state index in [1.54, 1.807) is 17.8 Å². The molecule has 5 nitrogen and oxygen atoms in total. The van der Waals surface area contributed by atoms with Crippen molar-refractivity contribution in [1.82, 2.24) is 15.5 Å². The monoisotopic (exact) mass is 271 g/mol. The van der Waals surface area contributed by atoms with Crippen molar-refractivity contribution in [3.05, 3.63) is 17.5 Å². The Morgan fingerprint density at radius 1 is 1.61 bits per heavy atom. The molecule has 0 unspecified atom stereocenters. The van der Waals surface area contributed by atoms with Crippen molar-refractivity contribution < 1.29 is 9.90 Å². The second-order valence-electron chi connectivity index (χ2n) is 4.50. The topological polar surface area (TPSA) is 78.0 Å². The Balaban J connectivity index is 2.57. The molecule has 6 heteroatoms. The van der Waals surface area contributed by atoms with Crippen LogP contribution in [0.2, 0.25) is 0 Å². The number of aliphatic hydroxyl groups excluding tert-OH is 1. The molecule has 1 aromatic heterocycles. The molecule has 0 aliphatic heterocycles. The predicted molar refractivity (Wildman–Crippen MR) is 74.0 cm³/mol. The quantitative estimate of drug-likeness (QED) is 0.700. The molecule has 0 spiro atoms. The van der Waals surface area contributed by atoms with Crippen LogP contribution in [0.15, 0.2) is 6.07 Å². The van der Waals surface area contributed by atoms with E-state index in [4.69, 9.17) is 0 Å². The number of hydrogen-bond acceptors (Lipinski definition) is 4. The van der Waals surface area contributed by atoms with Crippen molar-refractivity contribution in [3.8, 4) is 0 Å². The van der Waals surface area contributed by atoms with E-state index in [0.717, 1.165) is 17.9 Å². The van der Waals surface area contributed by atoms with E-state index in [-0.39, 0.29) is 18.6 Å². The number of amides is 1. The molecule has 0 aliphatic rings. The number of hydrogen-bond donors (Lipinski definition) is 3. The van der Waals surface area contributed by atoms with Gasteiger partial charge in [-0.2, -0.15) is 16.9 Å². The summed E-state index contributed by atoms with van der Waals surface area (Å²) in [5, 5.41) is 18.8. The number of aromatic amines is 1. The van der Waals surface area contributed by atoms with Gasteiger partial charge >= 0.3 is 0 Å². The van der Waals surface area contributed by atoms with Crippen LogP contribution in [0, 0.1) is 0 Å².